The normalized spacial score (nSPS) is 16.7. The lowest BCUT2D eigenvalue weighted by molar-refractivity contribution is -0.137. The molecule has 0 spiro atoms. The van der Waals surface area contributed by atoms with Gasteiger partial charge in [-0.2, -0.15) is 0 Å². The molecule has 152 valence electrons. The van der Waals surface area contributed by atoms with Crippen LogP contribution in [0.4, 0.5) is 0 Å². The fourth-order valence-corrected chi connectivity index (χ4v) is 4.33. The van der Waals surface area contributed by atoms with Gasteiger partial charge in [0.05, 0.1) is 12.2 Å². The molecule has 1 atom stereocenters. The number of benzene rings is 2. The van der Waals surface area contributed by atoms with Crippen molar-refractivity contribution in [3.05, 3.63) is 89.2 Å². The Hall–Kier alpha value is -3.34. The summed E-state index contributed by atoms with van der Waals surface area (Å²) in [6.07, 6.45) is 4.41. The Bertz CT molecular complexity index is 1050. The van der Waals surface area contributed by atoms with Crippen LogP contribution in [0.25, 0.3) is 0 Å². The number of ether oxygens (including phenoxy) is 2. The SMILES string of the molecule is O=C(C1CCc2ccccc2C1)N(Cc1ccc2c(c1)OCO2)Cc1ccccn1. The van der Waals surface area contributed by atoms with E-state index in [1.807, 2.05) is 41.3 Å². The van der Waals surface area contributed by atoms with Crippen molar-refractivity contribution in [2.45, 2.75) is 32.4 Å². The van der Waals surface area contributed by atoms with Crippen LogP contribution in [0.1, 0.15) is 28.8 Å². The third-order valence-corrected chi connectivity index (χ3v) is 5.90. The first kappa shape index (κ1) is 18.7. The maximum Gasteiger partial charge on any atom is 0.231 e. The number of hydrogen-bond acceptors (Lipinski definition) is 4. The molecule has 1 aliphatic carbocycles. The Balaban J connectivity index is 1.38. The Labute approximate surface area is 176 Å². The predicted molar refractivity (Wildman–Crippen MR) is 113 cm³/mol. The third-order valence-electron chi connectivity index (χ3n) is 5.90. The molecule has 1 amide bonds. The number of fused-ring (bicyclic) bond motifs is 2. The average Bonchev–Trinajstić information content (AvgIpc) is 3.26. The summed E-state index contributed by atoms with van der Waals surface area (Å²) in [7, 11) is 0. The van der Waals surface area contributed by atoms with Gasteiger partial charge in [0.15, 0.2) is 11.5 Å². The van der Waals surface area contributed by atoms with E-state index in [4.69, 9.17) is 9.47 Å². The number of nitrogens with zero attached hydrogens (tertiary/aromatic N) is 2. The highest BCUT2D eigenvalue weighted by atomic mass is 16.7. The Kier molecular flexibility index (Phi) is 5.10. The molecule has 5 nitrogen and oxygen atoms in total. The monoisotopic (exact) mass is 400 g/mol. The summed E-state index contributed by atoms with van der Waals surface area (Å²) in [4.78, 5) is 20.0. The van der Waals surface area contributed by atoms with Crippen LogP contribution in [0.2, 0.25) is 0 Å². The fourth-order valence-electron chi connectivity index (χ4n) is 4.33. The summed E-state index contributed by atoms with van der Waals surface area (Å²) in [6.45, 7) is 1.26. The molecule has 0 saturated heterocycles. The fraction of sp³-hybridized carbons (Fsp3) is 0.280. The van der Waals surface area contributed by atoms with E-state index >= 15 is 0 Å². The van der Waals surface area contributed by atoms with Gasteiger partial charge >= 0.3 is 0 Å². The molecular formula is C25H24N2O3. The molecule has 0 radical (unpaired) electrons. The number of pyridine rings is 1. The predicted octanol–water partition coefficient (Wildman–Crippen LogP) is 4.14. The lowest BCUT2D eigenvalue weighted by atomic mass is 9.83. The number of rotatable bonds is 5. The van der Waals surface area contributed by atoms with Crippen LogP contribution in [-0.2, 0) is 30.7 Å². The second kappa shape index (κ2) is 8.19. The molecule has 1 aromatic heterocycles. The molecule has 0 saturated carbocycles. The molecule has 5 rings (SSSR count). The first-order chi connectivity index (χ1) is 14.8. The molecule has 5 heteroatoms. The zero-order valence-corrected chi connectivity index (χ0v) is 16.8. The van der Waals surface area contributed by atoms with Crippen molar-refractivity contribution in [1.29, 1.82) is 0 Å². The van der Waals surface area contributed by atoms with Crippen molar-refractivity contribution in [3.63, 3.8) is 0 Å². The summed E-state index contributed by atoms with van der Waals surface area (Å²) < 4.78 is 10.9. The Morgan fingerprint density at radius 3 is 2.67 bits per heavy atom. The van der Waals surface area contributed by atoms with Crippen LogP contribution in [-0.4, -0.2) is 22.6 Å². The maximum atomic E-state index is 13.6. The van der Waals surface area contributed by atoms with E-state index in [0.717, 1.165) is 42.0 Å². The molecule has 2 aromatic carbocycles. The number of carbonyl (C=O) groups excluding carboxylic acids is 1. The summed E-state index contributed by atoms with van der Waals surface area (Å²) >= 11 is 0. The minimum absolute atomic E-state index is 0.00220. The van der Waals surface area contributed by atoms with E-state index in [2.05, 4.69) is 29.2 Å². The van der Waals surface area contributed by atoms with Gasteiger partial charge < -0.3 is 14.4 Å². The largest absolute Gasteiger partial charge is 0.454 e. The minimum Gasteiger partial charge on any atom is -0.454 e. The van der Waals surface area contributed by atoms with E-state index in [9.17, 15) is 4.79 Å². The lowest BCUT2D eigenvalue weighted by Gasteiger charge is -2.30. The molecule has 2 aliphatic rings. The zero-order chi connectivity index (χ0) is 20.3. The highest BCUT2D eigenvalue weighted by Crippen LogP contribution is 2.33. The second-order valence-corrected chi connectivity index (χ2v) is 7.91. The highest BCUT2D eigenvalue weighted by Gasteiger charge is 2.29. The van der Waals surface area contributed by atoms with Gasteiger partial charge in [0.25, 0.3) is 0 Å². The van der Waals surface area contributed by atoms with Crippen LogP contribution < -0.4 is 9.47 Å². The van der Waals surface area contributed by atoms with Crippen LogP contribution >= 0.6 is 0 Å². The van der Waals surface area contributed by atoms with Crippen molar-refractivity contribution < 1.29 is 14.3 Å². The highest BCUT2D eigenvalue weighted by molar-refractivity contribution is 5.79. The molecular weight excluding hydrogens is 376 g/mol. The number of amides is 1. The van der Waals surface area contributed by atoms with Gasteiger partial charge in [-0.1, -0.05) is 36.4 Å². The van der Waals surface area contributed by atoms with Crippen LogP contribution in [0.5, 0.6) is 11.5 Å². The van der Waals surface area contributed by atoms with E-state index in [-0.39, 0.29) is 18.6 Å². The van der Waals surface area contributed by atoms with Crippen molar-refractivity contribution >= 4 is 5.91 Å². The number of hydrogen-bond donors (Lipinski definition) is 0. The first-order valence-electron chi connectivity index (χ1n) is 10.4. The molecule has 0 bridgehead atoms. The van der Waals surface area contributed by atoms with Crippen LogP contribution in [0.15, 0.2) is 66.9 Å². The van der Waals surface area contributed by atoms with Gasteiger partial charge in [0.2, 0.25) is 12.7 Å². The van der Waals surface area contributed by atoms with Crippen LogP contribution in [0, 0.1) is 5.92 Å². The van der Waals surface area contributed by atoms with Crippen LogP contribution in [0.3, 0.4) is 0 Å². The minimum atomic E-state index is -0.00220. The van der Waals surface area contributed by atoms with E-state index < -0.39 is 0 Å². The quantitative estimate of drug-likeness (QED) is 0.646. The molecule has 2 heterocycles. The zero-order valence-electron chi connectivity index (χ0n) is 16.8. The lowest BCUT2D eigenvalue weighted by Crippen LogP contribution is -2.37. The molecule has 3 aromatic rings. The van der Waals surface area contributed by atoms with Gasteiger partial charge in [-0.3, -0.25) is 9.78 Å². The second-order valence-electron chi connectivity index (χ2n) is 7.91. The topological polar surface area (TPSA) is 51.7 Å². The molecule has 1 unspecified atom stereocenters. The van der Waals surface area contributed by atoms with Crippen molar-refractivity contribution in [2.75, 3.05) is 6.79 Å². The van der Waals surface area contributed by atoms with Crippen molar-refractivity contribution in [2.24, 2.45) is 5.92 Å². The van der Waals surface area contributed by atoms with E-state index in [1.54, 1.807) is 6.20 Å². The molecule has 1 aliphatic heterocycles. The molecule has 0 fully saturated rings. The van der Waals surface area contributed by atoms with E-state index in [1.165, 1.54) is 11.1 Å². The van der Waals surface area contributed by atoms with Gasteiger partial charge in [-0.15, -0.1) is 0 Å². The summed E-state index contributed by atoms with van der Waals surface area (Å²) in [5, 5.41) is 0. The average molecular weight is 400 g/mol. The van der Waals surface area contributed by atoms with Crippen molar-refractivity contribution in [1.82, 2.24) is 9.88 Å². The van der Waals surface area contributed by atoms with Gasteiger partial charge in [-0.25, -0.2) is 0 Å². The Morgan fingerprint density at radius 1 is 0.967 bits per heavy atom. The number of aryl methyl sites for hydroxylation is 1. The maximum absolute atomic E-state index is 13.6. The number of aromatic nitrogens is 1. The van der Waals surface area contributed by atoms with Gasteiger partial charge in [0, 0.05) is 18.7 Å². The van der Waals surface area contributed by atoms with E-state index in [0.29, 0.717) is 13.1 Å². The molecule has 0 N–H and O–H groups in total. The summed E-state index contributed by atoms with van der Waals surface area (Å²) in [5.74, 6) is 1.68. The third kappa shape index (κ3) is 3.88. The molecule has 30 heavy (non-hydrogen) atoms. The number of carbonyl (C=O) groups is 1. The summed E-state index contributed by atoms with van der Waals surface area (Å²) in [5.41, 5.74) is 4.58. The van der Waals surface area contributed by atoms with Crippen molar-refractivity contribution in [3.8, 4) is 11.5 Å². The first-order valence-corrected chi connectivity index (χ1v) is 10.4. The smallest absolute Gasteiger partial charge is 0.231 e. The summed E-state index contributed by atoms with van der Waals surface area (Å²) in [6, 6.07) is 20.2. The van der Waals surface area contributed by atoms with Gasteiger partial charge in [-0.05, 0) is 60.2 Å². The standard InChI is InChI=1S/C25H24N2O3/c28-25(21-10-9-19-5-1-2-6-20(19)14-21)27(16-22-7-3-4-12-26-22)15-18-8-11-23-24(13-18)30-17-29-23/h1-8,11-13,21H,9-10,14-17H2. The Morgan fingerprint density at radius 2 is 1.80 bits per heavy atom. The van der Waals surface area contributed by atoms with Gasteiger partial charge in [0.1, 0.15) is 0 Å².